The van der Waals surface area contributed by atoms with E-state index in [1.54, 1.807) is 0 Å². The number of nitrogens with zero attached hydrogens (tertiary/aromatic N) is 1. The normalized spacial score (nSPS) is 32.0. The molecule has 1 aliphatic carbocycles. The molecule has 0 spiro atoms. The second kappa shape index (κ2) is 7.97. The van der Waals surface area contributed by atoms with Crippen molar-refractivity contribution in [3.8, 4) is 0 Å². The van der Waals surface area contributed by atoms with E-state index < -0.39 is 0 Å². The van der Waals surface area contributed by atoms with Crippen molar-refractivity contribution in [2.75, 3.05) is 19.6 Å². The largest absolute Gasteiger partial charge is 0.312 e. The molecule has 1 aliphatic heterocycles. The van der Waals surface area contributed by atoms with Crippen molar-refractivity contribution >= 4 is 0 Å². The number of hydrogen-bond donors (Lipinski definition) is 1. The van der Waals surface area contributed by atoms with Crippen LogP contribution in [-0.2, 0) is 0 Å². The van der Waals surface area contributed by atoms with Gasteiger partial charge in [-0.15, -0.1) is 0 Å². The van der Waals surface area contributed by atoms with Crippen molar-refractivity contribution < 1.29 is 0 Å². The van der Waals surface area contributed by atoms with Crippen molar-refractivity contribution in [1.29, 1.82) is 0 Å². The molecule has 2 heteroatoms. The first-order valence-electron chi connectivity index (χ1n) is 9.65. The average Bonchev–Trinajstić information content (AvgIpc) is 3.07. The van der Waals surface area contributed by atoms with E-state index in [0.717, 1.165) is 18.4 Å². The summed E-state index contributed by atoms with van der Waals surface area (Å²) >= 11 is 0. The molecule has 4 unspecified atom stereocenters. The third-order valence-electron chi connectivity index (χ3n) is 6.56. The molecule has 2 rings (SSSR count). The molecule has 0 bridgehead atoms. The zero-order valence-corrected chi connectivity index (χ0v) is 15.0. The summed E-state index contributed by atoms with van der Waals surface area (Å²) in [6.07, 6.45) is 11.3. The van der Waals surface area contributed by atoms with Gasteiger partial charge in [0.2, 0.25) is 0 Å². The number of hydrogen-bond acceptors (Lipinski definition) is 2. The lowest BCUT2D eigenvalue weighted by Gasteiger charge is -2.51. The van der Waals surface area contributed by atoms with Crippen LogP contribution in [0.25, 0.3) is 0 Å². The summed E-state index contributed by atoms with van der Waals surface area (Å²) in [6.45, 7) is 13.4. The predicted molar refractivity (Wildman–Crippen MR) is 92.7 cm³/mol. The monoisotopic (exact) mass is 294 g/mol. The maximum absolute atomic E-state index is 3.94. The van der Waals surface area contributed by atoms with Gasteiger partial charge in [-0.1, -0.05) is 46.5 Å². The first kappa shape index (κ1) is 17.3. The molecule has 124 valence electrons. The molecular formula is C19H38N2. The Kier molecular flexibility index (Phi) is 6.55. The van der Waals surface area contributed by atoms with Gasteiger partial charge in [0.05, 0.1) is 0 Å². The second-order valence-corrected chi connectivity index (χ2v) is 7.56. The van der Waals surface area contributed by atoms with E-state index in [0.29, 0.717) is 11.6 Å². The van der Waals surface area contributed by atoms with Gasteiger partial charge in [-0.05, 0) is 64.1 Å². The van der Waals surface area contributed by atoms with Crippen LogP contribution in [0.15, 0.2) is 0 Å². The molecule has 1 heterocycles. The summed E-state index contributed by atoms with van der Waals surface area (Å²) in [5.41, 5.74) is 0.349. The third kappa shape index (κ3) is 3.64. The first-order valence-corrected chi connectivity index (χ1v) is 9.65. The molecule has 1 saturated carbocycles. The van der Waals surface area contributed by atoms with Gasteiger partial charge < -0.3 is 5.32 Å². The summed E-state index contributed by atoms with van der Waals surface area (Å²) in [4.78, 5) is 2.81. The Hall–Kier alpha value is -0.0800. The Morgan fingerprint density at radius 2 is 1.71 bits per heavy atom. The minimum Gasteiger partial charge on any atom is -0.312 e. The molecule has 4 atom stereocenters. The van der Waals surface area contributed by atoms with Crippen LogP contribution < -0.4 is 5.32 Å². The summed E-state index contributed by atoms with van der Waals surface area (Å²) in [6, 6.07) is 0.677. The van der Waals surface area contributed by atoms with Gasteiger partial charge >= 0.3 is 0 Å². The van der Waals surface area contributed by atoms with Gasteiger partial charge in [0.25, 0.3) is 0 Å². The van der Waals surface area contributed by atoms with E-state index in [1.165, 1.54) is 64.5 Å². The van der Waals surface area contributed by atoms with Crippen LogP contribution >= 0.6 is 0 Å². The van der Waals surface area contributed by atoms with Crippen LogP contribution in [-0.4, -0.2) is 36.1 Å². The minimum atomic E-state index is 0.349. The Morgan fingerprint density at radius 1 is 1.05 bits per heavy atom. The Morgan fingerprint density at radius 3 is 2.29 bits per heavy atom. The molecule has 2 fully saturated rings. The van der Waals surface area contributed by atoms with Crippen LogP contribution in [0.4, 0.5) is 0 Å². The third-order valence-corrected chi connectivity index (χ3v) is 6.56. The highest BCUT2D eigenvalue weighted by atomic mass is 15.2. The maximum atomic E-state index is 3.94. The second-order valence-electron chi connectivity index (χ2n) is 7.56. The number of likely N-dealkylation sites (tertiary alicyclic amines) is 1. The van der Waals surface area contributed by atoms with Gasteiger partial charge in [-0.2, -0.15) is 0 Å². The highest BCUT2D eigenvalue weighted by molar-refractivity contribution is 5.02. The molecular weight excluding hydrogens is 256 g/mol. The van der Waals surface area contributed by atoms with E-state index >= 15 is 0 Å². The van der Waals surface area contributed by atoms with E-state index in [1.807, 2.05) is 0 Å². The fourth-order valence-electron chi connectivity index (χ4n) is 5.10. The summed E-state index contributed by atoms with van der Waals surface area (Å²) in [5, 5.41) is 3.94. The standard InChI is InChI=1S/C19H38N2/c1-5-16-12-8-9-13-17(16)18(20-7-3)19(4,6-2)21-14-10-11-15-21/h16-18,20H,5-15H2,1-4H3. The van der Waals surface area contributed by atoms with Crippen molar-refractivity contribution in [3.05, 3.63) is 0 Å². The zero-order valence-electron chi connectivity index (χ0n) is 15.0. The topological polar surface area (TPSA) is 15.3 Å². The van der Waals surface area contributed by atoms with Gasteiger partial charge in [0, 0.05) is 11.6 Å². The van der Waals surface area contributed by atoms with E-state index in [2.05, 4.69) is 37.9 Å². The number of rotatable bonds is 7. The number of likely N-dealkylation sites (N-methyl/N-ethyl adjacent to an activating group) is 1. The molecule has 0 aromatic heterocycles. The summed E-state index contributed by atoms with van der Waals surface area (Å²) in [7, 11) is 0. The molecule has 1 saturated heterocycles. The quantitative estimate of drug-likeness (QED) is 0.746. The predicted octanol–water partition coefficient (Wildman–Crippen LogP) is 4.45. The van der Waals surface area contributed by atoms with Gasteiger partial charge in [0.15, 0.2) is 0 Å². The summed E-state index contributed by atoms with van der Waals surface area (Å²) < 4.78 is 0. The molecule has 21 heavy (non-hydrogen) atoms. The molecule has 0 amide bonds. The molecule has 2 aliphatic rings. The smallest absolute Gasteiger partial charge is 0.0334 e. The highest BCUT2D eigenvalue weighted by Crippen LogP contribution is 2.41. The zero-order chi connectivity index (χ0) is 15.3. The average molecular weight is 295 g/mol. The van der Waals surface area contributed by atoms with E-state index in [-0.39, 0.29) is 0 Å². The van der Waals surface area contributed by atoms with Gasteiger partial charge in [-0.3, -0.25) is 4.90 Å². The number of nitrogens with one attached hydrogen (secondary N) is 1. The molecule has 0 radical (unpaired) electrons. The summed E-state index contributed by atoms with van der Waals surface area (Å²) in [5.74, 6) is 1.82. The van der Waals surface area contributed by atoms with Crippen molar-refractivity contribution in [2.45, 2.75) is 90.6 Å². The minimum absolute atomic E-state index is 0.349. The lowest BCUT2D eigenvalue weighted by molar-refractivity contribution is 0.0276. The molecule has 0 aromatic rings. The molecule has 0 aromatic carbocycles. The van der Waals surface area contributed by atoms with Crippen molar-refractivity contribution in [2.24, 2.45) is 11.8 Å². The highest BCUT2D eigenvalue weighted by Gasteiger charge is 2.44. The lowest BCUT2D eigenvalue weighted by Crippen LogP contribution is -2.62. The maximum Gasteiger partial charge on any atom is 0.0334 e. The van der Waals surface area contributed by atoms with Crippen LogP contribution in [0.2, 0.25) is 0 Å². The first-order chi connectivity index (χ1) is 10.2. The Labute approximate surface area is 133 Å². The Bertz CT molecular complexity index is 298. The van der Waals surface area contributed by atoms with Crippen LogP contribution in [0.5, 0.6) is 0 Å². The van der Waals surface area contributed by atoms with Crippen LogP contribution in [0.1, 0.15) is 79.1 Å². The van der Waals surface area contributed by atoms with Crippen molar-refractivity contribution in [3.63, 3.8) is 0 Å². The van der Waals surface area contributed by atoms with Crippen LogP contribution in [0.3, 0.4) is 0 Å². The van der Waals surface area contributed by atoms with E-state index in [9.17, 15) is 0 Å². The molecule has 2 nitrogen and oxygen atoms in total. The van der Waals surface area contributed by atoms with Gasteiger partial charge in [-0.25, -0.2) is 0 Å². The lowest BCUT2D eigenvalue weighted by atomic mass is 9.68. The van der Waals surface area contributed by atoms with E-state index in [4.69, 9.17) is 0 Å². The fourth-order valence-corrected chi connectivity index (χ4v) is 5.10. The Balaban J connectivity index is 2.21. The van der Waals surface area contributed by atoms with Crippen LogP contribution in [0, 0.1) is 11.8 Å². The SMILES string of the molecule is CCNC(C1CCCCC1CC)C(C)(CC)N1CCCC1. The fraction of sp³-hybridized carbons (Fsp3) is 1.00. The molecule has 1 N–H and O–H groups in total. The van der Waals surface area contributed by atoms with Crippen molar-refractivity contribution in [1.82, 2.24) is 10.2 Å². The van der Waals surface area contributed by atoms with Gasteiger partial charge in [0.1, 0.15) is 0 Å².